The molecular weight excluding hydrogens is 268 g/mol. The molecule has 2 rings (SSSR count). The summed E-state index contributed by atoms with van der Waals surface area (Å²) in [6.07, 6.45) is 6.13. The maximum Gasteiger partial charge on any atom is 0.164 e. The molecule has 1 aliphatic carbocycles. The van der Waals surface area contributed by atoms with Crippen molar-refractivity contribution in [2.75, 3.05) is 37.4 Å². The molecule has 1 unspecified atom stereocenters. The minimum Gasteiger partial charge on any atom is -0.330 e. The Morgan fingerprint density at radius 2 is 2.17 bits per heavy atom. The zero-order chi connectivity index (χ0) is 13.2. The predicted molar refractivity (Wildman–Crippen MR) is 77.5 cm³/mol. The Bertz CT molecular complexity index is 374. The van der Waals surface area contributed by atoms with Gasteiger partial charge in [-0.1, -0.05) is 6.42 Å². The van der Waals surface area contributed by atoms with Crippen molar-refractivity contribution in [3.8, 4) is 0 Å². The summed E-state index contributed by atoms with van der Waals surface area (Å²) in [4.78, 5) is 2.15. The van der Waals surface area contributed by atoms with Gasteiger partial charge < -0.3 is 5.73 Å². The Kier molecular flexibility index (Phi) is 4.62. The van der Waals surface area contributed by atoms with Gasteiger partial charge in [0.25, 0.3) is 0 Å². The first-order valence-corrected chi connectivity index (χ1v) is 9.79. The third-order valence-corrected chi connectivity index (χ3v) is 7.15. The second kappa shape index (κ2) is 5.69. The quantitative estimate of drug-likeness (QED) is 0.816. The summed E-state index contributed by atoms with van der Waals surface area (Å²) in [6.45, 7) is 2.53. The van der Waals surface area contributed by atoms with Crippen LogP contribution in [0.25, 0.3) is 0 Å². The van der Waals surface area contributed by atoms with E-state index in [9.17, 15) is 8.42 Å². The molecule has 1 atom stereocenters. The first-order chi connectivity index (χ1) is 8.47. The maximum atomic E-state index is 11.8. The number of nitrogens with zero attached hydrogens (tertiary/aromatic N) is 1. The molecule has 2 N–H and O–H groups in total. The zero-order valence-corrected chi connectivity index (χ0v) is 12.7. The fraction of sp³-hybridized carbons (Fsp3) is 1.00. The second-order valence-electron chi connectivity index (χ2n) is 5.70. The number of nitrogens with two attached hydrogens (primary N) is 1. The Morgan fingerprint density at radius 3 is 2.67 bits per heavy atom. The molecule has 0 amide bonds. The summed E-state index contributed by atoms with van der Waals surface area (Å²) in [6, 6.07) is 0. The van der Waals surface area contributed by atoms with E-state index in [4.69, 9.17) is 5.73 Å². The Balaban J connectivity index is 1.94. The fourth-order valence-electron chi connectivity index (χ4n) is 2.88. The molecule has 0 aromatic heterocycles. The first-order valence-electron chi connectivity index (χ1n) is 6.68. The molecule has 0 spiro atoms. The van der Waals surface area contributed by atoms with E-state index in [1.165, 1.54) is 25.5 Å². The van der Waals surface area contributed by atoms with Crippen LogP contribution in [0.4, 0.5) is 0 Å². The van der Waals surface area contributed by atoms with Crippen LogP contribution >= 0.6 is 11.8 Å². The monoisotopic (exact) mass is 292 g/mol. The van der Waals surface area contributed by atoms with Crippen molar-refractivity contribution in [3.05, 3.63) is 0 Å². The highest BCUT2D eigenvalue weighted by atomic mass is 32.2. The van der Waals surface area contributed by atoms with Crippen LogP contribution in [-0.2, 0) is 9.84 Å². The van der Waals surface area contributed by atoms with Crippen LogP contribution in [0.2, 0.25) is 0 Å². The van der Waals surface area contributed by atoms with E-state index >= 15 is 0 Å². The summed E-state index contributed by atoms with van der Waals surface area (Å²) < 4.78 is 23.6. The van der Waals surface area contributed by atoms with E-state index in [0.29, 0.717) is 11.2 Å². The molecule has 1 aliphatic heterocycles. The van der Waals surface area contributed by atoms with E-state index in [-0.39, 0.29) is 5.37 Å². The van der Waals surface area contributed by atoms with E-state index < -0.39 is 9.84 Å². The molecule has 0 aromatic carbocycles. The highest BCUT2D eigenvalue weighted by Crippen LogP contribution is 2.43. The summed E-state index contributed by atoms with van der Waals surface area (Å²) in [5.41, 5.74) is 6.18. The molecule has 106 valence electrons. The minimum absolute atomic E-state index is 0.286. The SMILES string of the molecule is CS(=O)(=O)C1CSCCN1CCC1(CN)CCC1. The molecule has 1 saturated heterocycles. The Hall–Kier alpha value is 0.220. The van der Waals surface area contributed by atoms with Gasteiger partial charge in [-0.05, 0) is 31.2 Å². The van der Waals surface area contributed by atoms with Gasteiger partial charge in [-0.15, -0.1) is 0 Å². The lowest BCUT2D eigenvalue weighted by atomic mass is 9.66. The highest BCUT2D eigenvalue weighted by Gasteiger charge is 2.37. The number of hydrogen-bond acceptors (Lipinski definition) is 5. The van der Waals surface area contributed by atoms with E-state index in [0.717, 1.165) is 31.8 Å². The minimum atomic E-state index is -2.96. The number of rotatable bonds is 5. The summed E-state index contributed by atoms with van der Waals surface area (Å²) in [5.74, 6) is 1.76. The summed E-state index contributed by atoms with van der Waals surface area (Å²) in [7, 11) is -2.96. The number of thioether (sulfide) groups is 1. The Morgan fingerprint density at radius 1 is 1.44 bits per heavy atom. The fourth-order valence-corrected chi connectivity index (χ4v) is 5.85. The largest absolute Gasteiger partial charge is 0.330 e. The Labute approximate surface area is 115 Å². The third kappa shape index (κ3) is 3.21. The van der Waals surface area contributed by atoms with Crippen LogP contribution in [0.3, 0.4) is 0 Å². The van der Waals surface area contributed by atoms with Gasteiger partial charge in [-0.2, -0.15) is 11.8 Å². The lowest BCUT2D eigenvalue weighted by Gasteiger charge is -2.43. The topological polar surface area (TPSA) is 63.4 Å². The molecule has 2 fully saturated rings. The average molecular weight is 292 g/mol. The molecule has 6 heteroatoms. The molecular formula is C12H24N2O2S2. The third-order valence-electron chi connectivity index (χ3n) is 4.46. The molecule has 18 heavy (non-hydrogen) atoms. The predicted octanol–water partition coefficient (Wildman–Crippen LogP) is 0.925. The lowest BCUT2D eigenvalue weighted by Crippen LogP contribution is -2.49. The van der Waals surface area contributed by atoms with Gasteiger partial charge in [0.2, 0.25) is 0 Å². The molecule has 0 radical (unpaired) electrons. The normalized spacial score (nSPS) is 28.9. The van der Waals surface area contributed by atoms with Gasteiger partial charge >= 0.3 is 0 Å². The van der Waals surface area contributed by atoms with Gasteiger partial charge in [0, 0.05) is 30.9 Å². The maximum absolute atomic E-state index is 11.8. The van der Waals surface area contributed by atoms with Gasteiger partial charge in [0.1, 0.15) is 5.37 Å². The molecule has 0 aromatic rings. The summed E-state index contributed by atoms with van der Waals surface area (Å²) in [5, 5.41) is -0.286. The van der Waals surface area contributed by atoms with Crippen molar-refractivity contribution in [2.24, 2.45) is 11.1 Å². The molecule has 4 nitrogen and oxygen atoms in total. The van der Waals surface area contributed by atoms with Gasteiger partial charge in [0.05, 0.1) is 0 Å². The van der Waals surface area contributed by atoms with Crippen molar-refractivity contribution in [1.82, 2.24) is 4.90 Å². The zero-order valence-electron chi connectivity index (χ0n) is 11.1. The van der Waals surface area contributed by atoms with Crippen LogP contribution in [0.5, 0.6) is 0 Å². The number of hydrogen-bond donors (Lipinski definition) is 1. The van der Waals surface area contributed by atoms with Crippen LogP contribution < -0.4 is 5.73 Å². The lowest BCUT2D eigenvalue weighted by molar-refractivity contribution is 0.105. The van der Waals surface area contributed by atoms with Crippen LogP contribution in [0, 0.1) is 5.41 Å². The van der Waals surface area contributed by atoms with Crippen LogP contribution in [0.15, 0.2) is 0 Å². The van der Waals surface area contributed by atoms with Crippen LogP contribution in [-0.4, -0.2) is 56.1 Å². The van der Waals surface area contributed by atoms with E-state index in [1.807, 2.05) is 0 Å². The van der Waals surface area contributed by atoms with Gasteiger partial charge in [0.15, 0.2) is 9.84 Å². The average Bonchev–Trinajstić information content (AvgIpc) is 2.27. The van der Waals surface area contributed by atoms with Gasteiger partial charge in [-0.3, -0.25) is 4.90 Å². The van der Waals surface area contributed by atoms with Crippen molar-refractivity contribution in [1.29, 1.82) is 0 Å². The second-order valence-corrected chi connectivity index (χ2v) is 9.06. The standard InChI is InChI=1S/C12H24N2O2S2/c1-18(15,16)11-9-17-8-7-14(11)6-5-12(10-13)3-2-4-12/h11H,2-10,13H2,1H3. The van der Waals surface area contributed by atoms with Crippen LogP contribution in [0.1, 0.15) is 25.7 Å². The van der Waals surface area contributed by atoms with Crippen molar-refractivity contribution >= 4 is 21.6 Å². The first kappa shape index (κ1) is 14.6. The molecule has 0 bridgehead atoms. The summed E-state index contributed by atoms with van der Waals surface area (Å²) >= 11 is 1.75. The van der Waals surface area contributed by atoms with Crippen molar-refractivity contribution in [3.63, 3.8) is 0 Å². The van der Waals surface area contributed by atoms with Crippen molar-refractivity contribution in [2.45, 2.75) is 31.1 Å². The van der Waals surface area contributed by atoms with E-state index in [2.05, 4.69) is 4.90 Å². The molecule has 2 aliphatic rings. The molecule has 1 heterocycles. The van der Waals surface area contributed by atoms with Gasteiger partial charge in [-0.25, -0.2) is 8.42 Å². The van der Waals surface area contributed by atoms with E-state index in [1.54, 1.807) is 11.8 Å². The number of sulfone groups is 1. The van der Waals surface area contributed by atoms with Crippen molar-refractivity contribution < 1.29 is 8.42 Å². The smallest absolute Gasteiger partial charge is 0.164 e. The highest BCUT2D eigenvalue weighted by molar-refractivity contribution is 8.00. The molecule has 1 saturated carbocycles.